The summed E-state index contributed by atoms with van der Waals surface area (Å²) < 4.78 is 17.4. The van der Waals surface area contributed by atoms with Gasteiger partial charge in [-0.15, -0.1) is 0 Å². The molecule has 0 atom stereocenters. The second-order valence-electron chi connectivity index (χ2n) is 9.63. The van der Waals surface area contributed by atoms with E-state index in [9.17, 15) is 4.79 Å². The van der Waals surface area contributed by atoms with E-state index in [1.807, 2.05) is 73.6 Å². The summed E-state index contributed by atoms with van der Waals surface area (Å²) in [7, 11) is -0.405. The van der Waals surface area contributed by atoms with Crippen molar-refractivity contribution < 1.29 is 18.6 Å². The van der Waals surface area contributed by atoms with Crippen LogP contribution in [-0.4, -0.2) is 34.4 Å². The van der Waals surface area contributed by atoms with E-state index >= 15 is 0 Å². The third-order valence-corrected chi connectivity index (χ3v) is 5.60. The zero-order valence-corrected chi connectivity index (χ0v) is 18.5. The first-order valence-electron chi connectivity index (χ1n) is 9.88. The second-order valence-corrected chi connectivity index (χ2v) is 9.63. The molecule has 0 bridgehead atoms. The molecule has 1 fully saturated rings. The van der Waals surface area contributed by atoms with Crippen LogP contribution >= 0.6 is 0 Å². The van der Waals surface area contributed by atoms with Crippen LogP contribution in [0.15, 0.2) is 22.7 Å². The highest BCUT2D eigenvalue weighted by Gasteiger charge is 2.51. The van der Waals surface area contributed by atoms with E-state index < -0.39 is 7.12 Å². The van der Waals surface area contributed by atoms with E-state index in [4.69, 9.17) is 13.8 Å². The first kappa shape index (κ1) is 21.5. The standard InChI is InChI=1S/C21H30BN3O4/c1-13-11-15(22-28-20(5,6)21(7,8)29-22)10-9-14(13)12-23-17(26)16-24-18(27-25-16)19(2,3)4/h9-11H,12H2,1-8H3,(H,23,26). The highest BCUT2D eigenvalue weighted by molar-refractivity contribution is 6.62. The van der Waals surface area contributed by atoms with Gasteiger partial charge in [-0.1, -0.05) is 44.1 Å². The minimum Gasteiger partial charge on any atom is -0.399 e. The molecule has 1 aromatic carbocycles. The van der Waals surface area contributed by atoms with Crippen LogP contribution in [0.25, 0.3) is 0 Å². The highest BCUT2D eigenvalue weighted by Crippen LogP contribution is 2.36. The van der Waals surface area contributed by atoms with Crippen LogP contribution < -0.4 is 10.8 Å². The van der Waals surface area contributed by atoms with Crippen LogP contribution in [0.5, 0.6) is 0 Å². The van der Waals surface area contributed by atoms with Crippen LogP contribution in [0, 0.1) is 6.92 Å². The van der Waals surface area contributed by atoms with Gasteiger partial charge in [0.05, 0.1) is 11.2 Å². The third-order valence-electron chi connectivity index (χ3n) is 5.60. The van der Waals surface area contributed by atoms with Gasteiger partial charge in [-0.2, -0.15) is 4.98 Å². The minimum atomic E-state index is -0.405. The number of aromatic nitrogens is 2. The molecule has 2 aromatic rings. The van der Waals surface area contributed by atoms with Crippen LogP contribution in [0.1, 0.15) is 76.1 Å². The lowest BCUT2D eigenvalue weighted by molar-refractivity contribution is 0.00578. The fourth-order valence-corrected chi connectivity index (χ4v) is 2.92. The summed E-state index contributed by atoms with van der Waals surface area (Å²) in [6, 6.07) is 5.99. The van der Waals surface area contributed by atoms with Gasteiger partial charge in [0.15, 0.2) is 0 Å². The Hall–Kier alpha value is -2.19. The van der Waals surface area contributed by atoms with Crippen molar-refractivity contribution in [3.63, 3.8) is 0 Å². The first-order valence-corrected chi connectivity index (χ1v) is 9.88. The maximum absolute atomic E-state index is 12.4. The predicted octanol–water partition coefficient (Wildman–Crippen LogP) is 2.90. The lowest BCUT2D eigenvalue weighted by Crippen LogP contribution is -2.41. The summed E-state index contributed by atoms with van der Waals surface area (Å²) in [6.45, 7) is 16.4. The Kier molecular flexibility index (Phi) is 5.38. The zero-order chi connectivity index (χ0) is 21.6. The van der Waals surface area contributed by atoms with E-state index in [0.29, 0.717) is 12.4 Å². The first-order chi connectivity index (χ1) is 13.3. The van der Waals surface area contributed by atoms with Gasteiger partial charge in [0.25, 0.3) is 11.7 Å². The number of carbonyl (C=O) groups is 1. The van der Waals surface area contributed by atoms with Crippen molar-refractivity contribution in [2.24, 2.45) is 0 Å². The number of aryl methyl sites for hydroxylation is 1. The predicted molar refractivity (Wildman–Crippen MR) is 111 cm³/mol. The normalized spacial score (nSPS) is 18.1. The smallest absolute Gasteiger partial charge is 0.399 e. The van der Waals surface area contributed by atoms with Crippen molar-refractivity contribution in [1.29, 1.82) is 0 Å². The molecule has 1 aliphatic heterocycles. The molecule has 0 aliphatic carbocycles. The molecule has 7 nitrogen and oxygen atoms in total. The summed E-state index contributed by atoms with van der Waals surface area (Å²) >= 11 is 0. The van der Waals surface area contributed by atoms with Crippen LogP contribution in [0.3, 0.4) is 0 Å². The summed E-state index contributed by atoms with van der Waals surface area (Å²) in [6.07, 6.45) is 0. The molecule has 0 radical (unpaired) electrons. The quantitative estimate of drug-likeness (QED) is 0.796. The second kappa shape index (κ2) is 7.25. The molecule has 1 aromatic heterocycles. The van der Waals surface area contributed by atoms with E-state index in [2.05, 4.69) is 15.5 Å². The minimum absolute atomic E-state index is 0.0430. The van der Waals surface area contributed by atoms with Gasteiger partial charge in [0, 0.05) is 12.0 Å². The molecular weight excluding hydrogens is 369 g/mol. The van der Waals surface area contributed by atoms with Crippen molar-refractivity contribution in [3.05, 3.63) is 41.0 Å². The summed E-state index contributed by atoms with van der Waals surface area (Å²) in [5.41, 5.74) is 1.94. The topological polar surface area (TPSA) is 86.5 Å². The highest BCUT2D eigenvalue weighted by atomic mass is 16.7. The van der Waals surface area contributed by atoms with Crippen molar-refractivity contribution in [2.45, 2.75) is 78.6 Å². The molecular formula is C21H30BN3O4. The third kappa shape index (κ3) is 4.38. The Labute approximate surface area is 172 Å². The number of carbonyl (C=O) groups excluding carboxylic acids is 1. The van der Waals surface area contributed by atoms with Crippen molar-refractivity contribution in [1.82, 2.24) is 15.5 Å². The van der Waals surface area contributed by atoms with Crippen LogP contribution in [0.4, 0.5) is 0 Å². The van der Waals surface area contributed by atoms with E-state index in [1.165, 1.54) is 0 Å². The van der Waals surface area contributed by atoms with Gasteiger partial charge in [-0.25, -0.2) is 0 Å². The number of rotatable bonds is 4. The number of nitrogens with one attached hydrogen (secondary N) is 1. The molecule has 0 unspecified atom stereocenters. The van der Waals surface area contributed by atoms with Gasteiger partial charge in [-0.05, 0) is 51.2 Å². The van der Waals surface area contributed by atoms with Gasteiger partial charge in [0.2, 0.25) is 5.89 Å². The lowest BCUT2D eigenvalue weighted by atomic mass is 9.78. The van der Waals surface area contributed by atoms with Gasteiger partial charge < -0.3 is 19.1 Å². The number of nitrogens with zero attached hydrogens (tertiary/aromatic N) is 2. The molecule has 1 saturated heterocycles. The van der Waals surface area contributed by atoms with Gasteiger partial charge in [0.1, 0.15) is 0 Å². The van der Waals surface area contributed by atoms with E-state index in [-0.39, 0.29) is 28.3 Å². The number of benzene rings is 1. The molecule has 29 heavy (non-hydrogen) atoms. The largest absolute Gasteiger partial charge is 0.494 e. The Bertz CT molecular complexity index is 899. The molecule has 1 N–H and O–H groups in total. The maximum atomic E-state index is 12.4. The average molecular weight is 399 g/mol. The van der Waals surface area contributed by atoms with Crippen molar-refractivity contribution in [2.75, 3.05) is 0 Å². The Morgan fingerprint density at radius 3 is 2.28 bits per heavy atom. The molecule has 2 heterocycles. The van der Waals surface area contributed by atoms with E-state index in [0.717, 1.165) is 16.6 Å². The molecule has 0 spiro atoms. The molecule has 1 amide bonds. The summed E-state index contributed by atoms with van der Waals surface area (Å²) in [4.78, 5) is 16.5. The number of hydrogen-bond donors (Lipinski definition) is 1. The molecule has 1 aliphatic rings. The number of amides is 1. The average Bonchev–Trinajstić information content (AvgIpc) is 3.16. The fourth-order valence-electron chi connectivity index (χ4n) is 2.92. The maximum Gasteiger partial charge on any atom is 0.494 e. The summed E-state index contributed by atoms with van der Waals surface area (Å²) in [5, 5.41) is 6.63. The van der Waals surface area contributed by atoms with Crippen LogP contribution in [-0.2, 0) is 21.3 Å². The number of hydrogen-bond acceptors (Lipinski definition) is 6. The molecule has 3 rings (SSSR count). The van der Waals surface area contributed by atoms with E-state index in [1.54, 1.807) is 0 Å². The fraction of sp³-hybridized carbons (Fsp3) is 0.571. The van der Waals surface area contributed by atoms with Crippen LogP contribution in [0.2, 0.25) is 0 Å². The SMILES string of the molecule is Cc1cc(B2OC(C)(C)C(C)(C)O2)ccc1CNC(=O)c1noc(C(C)(C)C)n1. The molecule has 156 valence electrons. The van der Waals surface area contributed by atoms with Gasteiger partial charge >= 0.3 is 7.12 Å². The molecule has 0 saturated carbocycles. The van der Waals surface area contributed by atoms with Crippen molar-refractivity contribution in [3.8, 4) is 0 Å². The Balaban J connectivity index is 1.66. The monoisotopic (exact) mass is 399 g/mol. The van der Waals surface area contributed by atoms with Crippen molar-refractivity contribution >= 4 is 18.5 Å². The molecule has 8 heteroatoms. The summed E-state index contributed by atoms with van der Waals surface area (Å²) in [5.74, 6) is 0.116. The zero-order valence-electron chi connectivity index (χ0n) is 18.5. The Morgan fingerprint density at radius 2 is 1.76 bits per heavy atom. The van der Waals surface area contributed by atoms with Gasteiger partial charge in [-0.3, -0.25) is 4.79 Å². The Morgan fingerprint density at radius 1 is 1.14 bits per heavy atom. The lowest BCUT2D eigenvalue weighted by Gasteiger charge is -2.32.